The van der Waals surface area contributed by atoms with Crippen molar-refractivity contribution in [3.63, 3.8) is 0 Å². The molecule has 2 N–H and O–H groups in total. The lowest BCUT2D eigenvalue weighted by Crippen LogP contribution is -2.27. The van der Waals surface area contributed by atoms with Crippen LogP contribution in [0.25, 0.3) is 28.2 Å². The Morgan fingerprint density at radius 2 is 1.62 bits per heavy atom. The second-order valence-corrected chi connectivity index (χ2v) is 8.48. The summed E-state index contributed by atoms with van der Waals surface area (Å²) in [5, 5.41) is 7.82. The van der Waals surface area contributed by atoms with E-state index in [0.29, 0.717) is 28.6 Å². The lowest BCUT2D eigenvalue weighted by Gasteiger charge is -2.12. The van der Waals surface area contributed by atoms with Crippen LogP contribution in [0.5, 0.6) is 11.5 Å². The van der Waals surface area contributed by atoms with E-state index in [1.54, 1.807) is 37.4 Å². The zero-order valence-electron chi connectivity index (χ0n) is 20.8. The summed E-state index contributed by atoms with van der Waals surface area (Å²) >= 11 is 0. The maximum Gasteiger partial charge on any atom is 0.255 e. The van der Waals surface area contributed by atoms with Crippen LogP contribution in [0.4, 0.5) is 0 Å². The molecule has 0 radical (unpaired) electrons. The molecule has 0 fully saturated rings. The van der Waals surface area contributed by atoms with E-state index in [-0.39, 0.29) is 11.9 Å². The van der Waals surface area contributed by atoms with Gasteiger partial charge in [-0.2, -0.15) is 5.10 Å². The number of para-hydroxylation sites is 1. The molecule has 0 saturated heterocycles. The van der Waals surface area contributed by atoms with Gasteiger partial charge in [0.1, 0.15) is 11.5 Å². The fourth-order valence-electron chi connectivity index (χ4n) is 4.11. The lowest BCUT2D eigenvalue weighted by molar-refractivity contribution is 0.0939. The van der Waals surface area contributed by atoms with Crippen molar-refractivity contribution in [3.8, 4) is 39.7 Å². The molecule has 0 spiro atoms. The Labute approximate surface area is 214 Å². The normalized spacial score (nSPS) is 11.6. The molecule has 8 heteroatoms. The maximum atomic E-state index is 13.6. The van der Waals surface area contributed by atoms with E-state index < -0.39 is 0 Å². The van der Waals surface area contributed by atoms with Crippen LogP contribution in [0.3, 0.4) is 0 Å². The third-order valence-electron chi connectivity index (χ3n) is 6.07. The number of benzene rings is 3. The van der Waals surface area contributed by atoms with Gasteiger partial charge in [-0.15, -0.1) is 0 Å². The molecule has 5 aromatic rings. The minimum absolute atomic E-state index is 0.267. The van der Waals surface area contributed by atoms with Crippen molar-refractivity contribution in [2.75, 3.05) is 14.2 Å². The van der Waals surface area contributed by atoms with Gasteiger partial charge in [-0.1, -0.05) is 48.5 Å². The lowest BCUT2D eigenvalue weighted by atomic mass is 10.1. The van der Waals surface area contributed by atoms with Crippen LogP contribution in [0.15, 0.2) is 91.3 Å². The average molecular weight is 494 g/mol. The maximum absolute atomic E-state index is 13.6. The Morgan fingerprint density at radius 1 is 0.919 bits per heavy atom. The van der Waals surface area contributed by atoms with Crippen LogP contribution < -0.4 is 14.8 Å². The van der Waals surface area contributed by atoms with E-state index in [0.717, 1.165) is 22.5 Å². The van der Waals surface area contributed by atoms with Crippen molar-refractivity contribution in [2.24, 2.45) is 0 Å². The number of nitrogens with one attached hydrogen (secondary N) is 2. The van der Waals surface area contributed by atoms with E-state index >= 15 is 0 Å². The number of ether oxygens (including phenoxy) is 2. The number of carbonyl (C=O) groups excluding carboxylic acids is 1. The van der Waals surface area contributed by atoms with Gasteiger partial charge in [0.15, 0.2) is 11.5 Å². The number of hydrogen-bond acceptors (Lipinski definition) is 5. The zero-order chi connectivity index (χ0) is 25.8. The second kappa shape index (κ2) is 10.4. The summed E-state index contributed by atoms with van der Waals surface area (Å²) in [6, 6.07) is 24.7. The molecule has 1 unspecified atom stereocenters. The van der Waals surface area contributed by atoms with Crippen molar-refractivity contribution in [3.05, 3.63) is 103 Å². The highest BCUT2D eigenvalue weighted by molar-refractivity contribution is 6.00. The number of carbonyl (C=O) groups is 1. The monoisotopic (exact) mass is 493 g/mol. The molecular weight excluding hydrogens is 466 g/mol. The van der Waals surface area contributed by atoms with Gasteiger partial charge >= 0.3 is 0 Å². The SMILES string of the molecule is COc1ccc(-c2nn(-c3ccccc3)cc2C(=O)NC(C)c2ncc(-c3ccccc3)[nH]2)cc1OC. The van der Waals surface area contributed by atoms with Crippen molar-refractivity contribution < 1.29 is 14.3 Å². The Morgan fingerprint density at radius 3 is 2.32 bits per heavy atom. The van der Waals surface area contributed by atoms with Gasteiger partial charge in [0.05, 0.1) is 43.4 Å². The first kappa shape index (κ1) is 23.9. The first-order valence-electron chi connectivity index (χ1n) is 11.9. The Balaban J connectivity index is 1.47. The Bertz CT molecular complexity index is 1510. The number of aromatic amines is 1. The van der Waals surface area contributed by atoms with Gasteiger partial charge < -0.3 is 19.8 Å². The average Bonchev–Trinajstić information content (AvgIpc) is 3.62. The van der Waals surface area contributed by atoms with Gasteiger partial charge in [-0.25, -0.2) is 9.67 Å². The Hall–Kier alpha value is -4.85. The Kier molecular flexibility index (Phi) is 6.72. The van der Waals surface area contributed by atoms with Crippen LogP contribution >= 0.6 is 0 Å². The van der Waals surface area contributed by atoms with Gasteiger partial charge in [0.25, 0.3) is 5.91 Å². The van der Waals surface area contributed by atoms with Crippen LogP contribution in [-0.4, -0.2) is 39.9 Å². The molecule has 0 aliphatic rings. The fraction of sp³-hybridized carbons (Fsp3) is 0.138. The molecule has 5 rings (SSSR count). The summed E-state index contributed by atoms with van der Waals surface area (Å²) in [6.45, 7) is 1.89. The predicted molar refractivity (Wildman–Crippen MR) is 142 cm³/mol. The number of nitrogens with zero attached hydrogens (tertiary/aromatic N) is 3. The largest absolute Gasteiger partial charge is 0.493 e. The summed E-state index contributed by atoms with van der Waals surface area (Å²) in [5.74, 6) is 1.55. The smallest absolute Gasteiger partial charge is 0.255 e. The molecule has 2 aromatic heterocycles. The van der Waals surface area contributed by atoms with Crippen molar-refractivity contribution >= 4 is 5.91 Å². The quantitative estimate of drug-likeness (QED) is 0.300. The summed E-state index contributed by atoms with van der Waals surface area (Å²) in [6.07, 6.45) is 3.51. The zero-order valence-corrected chi connectivity index (χ0v) is 20.8. The number of amides is 1. The van der Waals surface area contributed by atoms with Gasteiger partial charge in [0, 0.05) is 11.8 Å². The van der Waals surface area contributed by atoms with Crippen molar-refractivity contribution in [1.29, 1.82) is 0 Å². The topological polar surface area (TPSA) is 94.1 Å². The number of hydrogen-bond donors (Lipinski definition) is 2. The van der Waals surface area contributed by atoms with E-state index in [4.69, 9.17) is 14.6 Å². The van der Waals surface area contributed by atoms with E-state index in [9.17, 15) is 4.79 Å². The van der Waals surface area contributed by atoms with Gasteiger partial charge in [-0.05, 0) is 42.8 Å². The summed E-state index contributed by atoms with van der Waals surface area (Å²) in [5.41, 5.74) is 4.44. The standard InChI is InChI=1S/C29H27N5O3/c1-19(28-30-17-24(32-28)20-10-6-4-7-11-20)31-29(35)23-18-34(22-12-8-5-9-13-22)33-27(23)21-14-15-25(36-2)26(16-21)37-3/h4-19H,1-3H3,(H,30,32)(H,31,35). The predicted octanol–water partition coefficient (Wildman–Crippen LogP) is 5.44. The molecule has 186 valence electrons. The molecule has 8 nitrogen and oxygen atoms in total. The number of methoxy groups -OCH3 is 2. The summed E-state index contributed by atoms with van der Waals surface area (Å²) in [4.78, 5) is 21.4. The molecule has 1 amide bonds. The molecule has 1 atom stereocenters. The molecule has 3 aromatic carbocycles. The van der Waals surface area contributed by atoms with Crippen LogP contribution in [0.2, 0.25) is 0 Å². The van der Waals surface area contributed by atoms with E-state index in [1.165, 1.54) is 0 Å². The van der Waals surface area contributed by atoms with Crippen molar-refractivity contribution in [2.45, 2.75) is 13.0 Å². The molecule has 37 heavy (non-hydrogen) atoms. The van der Waals surface area contributed by atoms with Crippen LogP contribution in [0, 0.1) is 0 Å². The van der Waals surface area contributed by atoms with E-state index in [2.05, 4.69) is 15.3 Å². The first-order valence-corrected chi connectivity index (χ1v) is 11.9. The highest BCUT2D eigenvalue weighted by Crippen LogP contribution is 2.33. The van der Waals surface area contributed by atoms with Gasteiger partial charge in [0.2, 0.25) is 0 Å². The van der Waals surface area contributed by atoms with Gasteiger partial charge in [-0.3, -0.25) is 4.79 Å². The molecule has 0 saturated carbocycles. The molecular formula is C29H27N5O3. The minimum atomic E-state index is -0.358. The number of aromatic nitrogens is 4. The molecule has 0 aliphatic carbocycles. The third-order valence-corrected chi connectivity index (χ3v) is 6.07. The van der Waals surface area contributed by atoms with Crippen LogP contribution in [0.1, 0.15) is 29.1 Å². The highest BCUT2D eigenvalue weighted by atomic mass is 16.5. The molecule has 2 heterocycles. The first-order chi connectivity index (χ1) is 18.1. The molecule has 0 bridgehead atoms. The second-order valence-electron chi connectivity index (χ2n) is 8.48. The number of rotatable bonds is 8. The highest BCUT2D eigenvalue weighted by Gasteiger charge is 2.22. The fourth-order valence-corrected chi connectivity index (χ4v) is 4.11. The number of imidazole rings is 1. The van der Waals surface area contributed by atoms with E-state index in [1.807, 2.05) is 79.7 Å². The summed E-state index contributed by atoms with van der Waals surface area (Å²) < 4.78 is 12.6. The van der Waals surface area contributed by atoms with Crippen LogP contribution in [-0.2, 0) is 0 Å². The minimum Gasteiger partial charge on any atom is -0.493 e. The number of H-pyrrole nitrogens is 1. The third kappa shape index (κ3) is 4.95. The summed E-state index contributed by atoms with van der Waals surface area (Å²) in [7, 11) is 3.16. The molecule has 0 aliphatic heterocycles. The van der Waals surface area contributed by atoms with Crippen molar-refractivity contribution in [1.82, 2.24) is 25.1 Å².